The lowest BCUT2D eigenvalue weighted by Crippen LogP contribution is -2.51. The predicted molar refractivity (Wildman–Crippen MR) is 94.3 cm³/mol. The van der Waals surface area contributed by atoms with Gasteiger partial charge in [-0.05, 0) is 65.2 Å². The zero-order valence-electron chi connectivity index (χ0n) is 14.7. The van der Waals surface area contributed by atoms with Crippen LogP contribution in [0.5, 0.6) is 0 Å². The zero-order valence-corrected chi connectivity index (χ0v) is 15.5. The normalized spacial score (nSPS) is 31.0. The first-order valence-electron chi connectivity index (χ1n) is 8.80. The molecule has 128 valence electrons. The van der Waals surface area contributed by atoms with Crippen molar-refractivity contribution in [1.82, 2.24) is 10.3 Å². The second-order valence-corrected chi connectivity index (χ2v) is 9.17. The summed E-state index contributed by atoms with van der Waals surface area (Å²) < 4.78 is 0. The molecule has 0 spiro atoms. The van der Waals surface area contributed by atoms with Crippen LogP contribution in [0.4, 0.5) is 0 Å². The summed E-state index contributed by atoms with van der Waals surface area (Å²) in [5, 5.41) is 4.25. The Morgan fingerprint density at radius 1 is 1.26 bits per heavy atom. The highest BCUT2D eigenvalue weighted by Gasteiger charge is 2.41. The minimum Gasteiger partial charge on any atom is -0.344 e. The molecule has 2 unspecified atom stereocenters. The van der Waals surface area contributed by atoms with E-state index in [0.717, 1.165) is 23.5 Å². The Morgan fingerprint density at radius 2 is 1.87 bits per heavy atom. The minimum absolute atomic E-state index is 0.117. The van der Waals surface area contributed by atoms with Gasteiger partial charge in [-0.1, -0.05) is 6.42 Å². The Bertz CT molecular complexity index is 562. The third kappa shape index (κ3) is 3.31. The van der Waals surface area contributed by atoms with Gasteiger partial charge in [0.2, 0.25) is 5.91 Å². The van der Waals surface area contributed by atoms with Gasteiger partial charge in [-0.25, -0.2) is 4.98 Å². The lowest BCUT2D eigenvalue weighted by molar-refractivity contribution is -0.129. The largest absolute Gasteiger partial charge is 0.344 e. The number of fused-ring (bicyclic) bond motifs is 2. The molecule has 2 fully saturated rings. The van der Waals surface area contributed by atoms with Crippen LogP contribution in [0.2, 0.25) is 0 Å². The highest BCUT2D eigenvalue weighted by atomic mass is 32.1. The number of nitrogens with two attached hydrogens (primary N) is 1. The van der Waals surface area contributed by atoms with Gasteiger partial charge in [0.15, 0.2) is 0 Å². The first kappa shape index (κ1) is 16.9. The number of nitrogens with zero attached hydrogens (tertiary/aromatic N) is 1. The van der Waals surface area contributed by atoms with Crippen molar-refractivity contribution in [3.05, 3.63) is 15.6 Å². The van der Waals surface area contributed by atoms with Gasteiger partial charge >= 0.3 is 0 Å². The van der Waals surface area contributed by atoms with Crippen molar-refractivity contribution in [2.45, 2.75) is 71.4 Å². The quantitative estimate of drug-likeness (QED) is 0.891. The van der Waals surface area contributed by atoms with Gasteiger partial charge in [0.25, 0.3) is 0 Å². The number of carbonyl (C=O) groups excluding carboxylic acids is 1. The van der Waals surface area contributed by atoms with E-state index < -0.39 is 5.54 Å². The van der Waals surface area contributed by atoms with Crippen molar-refractivity contribution in [3.63, 3.8) is 0 Å². The molecular weight excluding hydrogens is 306 g/mol. The first-order valence-corrected chi connectivity index (χ1v) is 9.61. The van der Waals surface area contributed by atoms with Gasteiger partial charge in [0.1, 0.15) is 5.01 Å². The number of thiazole rings is 1. The molecule has 1 amide bonds. The molecule has 4 nitrogen and oxygen atoms in total. The number of rotatable bonds is 3. The molecule has 0 aliphatic heterocycles. The molecule has 2 saturated carbocycles. The molecule has 5 heteroatoms. The molecule has 3 N–H and O–H groups in total. The summed E-state index contributed by atoms with van der Waals surface area (Å²) in [4.78, 5) is 18.7. The Kier molecular flexibility index (Phi) is 4.53. The number of hydrogen-bond acceptors (Lipinski definition) is 4. The molecule has 0 aromatic carbocycles. The average molecular weight is 336 g/mol. The Morgan fingerprint density at radius 3 is 2.39 bits per heavy atom. The lowest BCUT2D eigenvalue weighted by atomic mass is 9.65. The van der Waals surface area contributed by atoms with E-state index in [0.29, 0.717) is 17.9 Å². The molecule has 2 atom stereocenters. The van der Waals surface area contributed by atoms with Crippen LogP contribution in [0.15, 0.2) is 0 Å². The SMILES string of the molecule is Cc1nc(C(C)(C)NC(=O)C2CC3CCCC(C2)C3N)sc1C. The van der Waals surface area contributed by atoms with Crippen LogP contribution in [0, 0.1) is 31.6 Å². The summed E-state index contributed by atoms with van der Waals surface area (Å²) in [7, 11) is 0. The summed E-state index contributed by atoms with van der Waals surface area (Å²) in [6.07, 6.45) is 5.57. The monoisotopic (exact) mass is 335 g/mol. The molecule has 1 heterocycles. The van der Waals surface area contributed by atoms with Gasteiger partial charge < -0.3 is 11.1 Å². The van der Waals surface area contributed by atoms with Crippen LogP contribution in [0.1, 0.15) is 61.5 Å². The third-order valence-electron chi connectivity index (χ3n) is 5.78. The molecule has 0 radical (unpaired) electrons. The molecular formula is C18H29N3OS. The van der Waals surface area contributed by atoms with Gasteiger partial charge in [-0.2, -0.15) is 0 Å². The standard InChI is InChI=1S/C18H29N3OS/c1-10-11(2)23-17(20-10)18(3,4)21-16(22)14-8-12-6-5-7-13(9-14)15(12)19/h12-15H,5-9,19H2,1-4H3,(H,21,22). The summed E-state index contributed by atoms with van der Waals surface area (Å²) in [6, 6.07) is 0.310. The van der Waals surface area contributed by atoms with Gasteiger partial charge in [-0.15, -0.1) is 11.3 Å². The zero-order chi connectivity index (χ0) is 16.8. The minimum atomic E-state index is -0.407. The van der Waals surface area contributed by atoms with Crippen LogP contribution in [-0.2, 0) is 10.3 Å². The fourth-order valence-corrected chi connectivity index (χ4v) is 5.18. The maximum Gasteiger partial charge on any atom is 0.223 e. The topological polar surface area (TPSA) is 68.0 Å². The van der Waals surface area contributed by atoms with Gasteiger partial charge in [-0.3, -0.25) is 4.79 Å². The van der Waals surface area contributed by atoms with Gasteiger partial charge in [0, 0.05) is 16.8 Å². The van der Waals surface area contributed by atoms with E-state index in [1.54, 1.807) is 11.3 Å². The van der Waals surface area contributed by atoms with Crippen molar-refractivity contribution in [2.24, 2.45) is 23.5 Å². The van der Waals surface area contributed by atoms with E-state index in [2.05, 4.69) is 31.1 Å². The highest BCUT2D eigenvalue weighted by Crippen LogP contribution is 2.42. The summed E-state index contributed by atoms with van der Waals surface area (Å²) >= 11 is 1.68. The Hall–Kier alpha value is -0.940. The van der Waals surface area contributed by atoms with Crippen LogP contribution in [-0.4, -0.2) is 16.9 Å². The first-order chi connectivity index (χ1) is 10.8. The van der Waals surface area contributed by atoms with Crippen molar-refractivity contribution in [2.75, 3.05) is 0 Å². The number of carbonyl (C=O) groups is 1. The van der Waals surface area contributed by atoms with Crippen LogP contribution >= 0.6 is 11.3 Å². The number of aryl methyl sites for hydroxylation is 2. The smallest absolute Gasteiger partial charge is 0.223 e. The van der Waals surface area contributed by atoms with E-state index in [1.807, 2.05) is 6.92 Å². The molecule has 3 rings (SSSR count). The summed E-state index contributed by atoms with van der Waals surface area (Å²) in [5.74, 6) is 1.37. The molecule has 1 aromatic rings. The summed E-state index contributed by atoms with van der Waals surface area (Å²) in [5.41, 5.74) is 7.00. The third-order valence-corrected chi connectivity index (χ3v) is 7.18. The molecule has 1 aromatic heterocycles. The molecule has 2 bridgehead atoms. The number of amides is 1. The second-order valence-electron chi connectivity index (χ2n) is 7.97. The second kappa shape index (κ2) is 6.17. The lowest BCUT2D eigenvalue weighted by Gasteiger charge is -2.44. The van der Waals surface area contributed by atoms with Gasteiger partial charge in [0.05, 0.1) is 11.2 Å². The summed E-state index contributed by atoms with van der Waals surface area (Å²) in [6.45, 7) is 8.21. The molecule has 2 aliphatic carbocycles. The maximum absolute atomic E-state index is 12.8. The van der Waals surface area contributed by atoms with E-state index in [-0.39, 0.29) is 11.8 Å². The molecule has 2 aliphatic rings. The van der Waals surface area contributed by atoms with E-state index in [1.165, 1.54) is 24.1 Å². The molecule has 0 saturated heterocycles. The average Bonchev–Trinajstić information content (AvgIpc) is 2.78. The number of nitrogens with one attached hydrogen (secondary N) is 1. The van der Waals surface area contributed by atoms with E-state index in [9.17, 15) is 4.79 Å². The number of aromatic nitrogens is 1. The molecule has 23 heavy (non-hydrogen) atoms. The maximum atomic E-state index is 12.8. The van der Waals surface area contributed by atoms with Crippen LogP contribution in [0.3, 0.4) is 0 Å². The van der Waals surface area contributed by atoms with E-state index >= 15 is 0 Å². The Labute approximate surface area is 143 Å². The van der Waals surface area contributed by atoms with Crippen LogP contribution in [0.25, 0.3) is 0 Å². The van der Waals surface area contributed by atoms with Crippen LogP contribution < -0.4 is 11.1 Å². The highest BCUT2D eigenvalue weighted by molar-refractivity contribution is 7.11. The fourth-order valence-electron chi connectivity index (χ4n) is 4.21. The predicted octanol–water partition coefficient (Wildman–Crippen LogP) is 3.26. The van der Waals surface area contributed by atoms with Crippen molar-refractivity contribution in [1.29, 1.82) is 0 Å². The van der Waals surface area contributed by atoms with Crippen molar-refractivity contribution >= 4 is 17.2 Å². The fraction of sp³-hybridized carbons (Fsp3) is 0.778. The van der Waals surface area contributed by atoms with Crippen molar-refractivity contribution in [3.8, 4) is 0 Å². The number of hydrogen-bond donors (Lipinski definition) is 2. The van der Waals surface area contributed by atoms with E-state index in [4.69, 9.17) is 5.73 Å². The Balaban J connectivity index is 1.69. The van der Waals surface area contributed by atoms with Crippen molar-refractivity contribution < 1.29 is 4.79 Å².